The van der Waals surface area contributed by atoms with Crippen LogP contribution in [0.5, 0.6) is 0 Å². The van der Waals surface area contributed by atoms with E-state index in [4.69, 9.17) is 11.6 Å². The Morgan fingerprint density at radius 3 is 3.20 bits per heavy atom. The van der Waals surface area contributed by atoms with Crippen LogP contribution in [0.25, 0.3) is 0 Å². The van der Waals surface area contributed by atoms with E-state index in [0.29, 0.717) is 5.02 Å². The minimum Gasteiger partial charge on any atom is -0.348 e. The molecule has 0 bridgehead atoms. The molecule has 20 heavy (non-hydrogen) atoms. The number of amides is 1. The zero-order valence-electron chi connectivity index (χ0n) is 11.2. The third-order valence-electron chi connectivity index (χ3n) is 3.88. The van der Waals surface area contributed by atoms with Crippen LogP contribution in [0.2, 0.25) is 5.02 Å². The van der Waals surface area contributed by atoms with Crippen molar-refractivity contribution in [1.82, 2.24) is 9.97 Å². The average Bonchev–Trinajstić information content (AvgIpc) is 2.91. The Kier molecular flexibility index (Phi) is 3.49. The molecular formula is C15H16ClN3O. The summed E-state index contributed by atoms with van der Waals surface area (Å²) in [6.45, 7) is 1.91. The largest absolute Gasteiger partial charge is 0.348 e. The van der Waals surface area contributed by atoms with Crippen LogP contribution in [0, 0.1) is 12.8 Å². The lowest BCUT2D eigenvalue weighted by Crippen LogP contribution is -2.28. The number of nitrogens with zero attached hydrogens (tertiary/aromatic N) is 1. The van der Waals surface area contributed by atoms with Crippen molar-refractivity contribution in [2.45, 2.75) is 26.2 Å². The van der Waals surface area contributed by atoms with Gasteiger partial charge in [0.1, 0.15) is 0 Å². The van der Waals surface area contributed by atoms with Gasteiger partial charge in [0, 0.05) is 28.7 Å². The molecule has 0 saturated heterocycles. The summed E-state index contributed by atoms with van der Waals surface area (Å²) in [6.07, 6.45) is 4.11. The number of carbonyl (C=O) groups excluding carboxylic acids is 1. The Hall–Kier alpha value is -1.81. The number of imidazole rings is 1. The number of anilines is 1. The second-order valence-corrected chi connectivity index (χ2v) is 5.58. The molecule has 1 aromatic heterocycles. The molecule has 4 nitrogen and oxygen atoms in total. The first-order chi connectivity index (χ1) is 9.65. The number of hydrogen-bond donors (Lipinski definition) is 2. The Balaban J connectivity index is 1.73. The second-order valence-electron chi connectivity index (χ2n) is 5.17. The third kappa shape index (κ3) is 2.43. The molecule has 0 fully saturated rings. The summed E-state index contributed by atoms with van der Waals surface area (Å²) in [5.74, 6) is 0.0388. The molecule has 1 unspecified atom stereocenters. The highest BCUT2D eigenvalue weighted by atomic mass is 35.5. The number of benzene rings is 1. The van der Waals surface area contributed by atoms with E-state index in [2.05, 4.69) is 15.3 Å². The highest BCUT2D eigenvalue weighted by Gasteiger charge is 2.26. The van der Waals surface area contributed by atoms with Gasteiger partial charge in [0.25, 0.3) is 0 Å². The molecule has 1 aliphatic rings. The first kappa shape index (κ1) is 13.2. The number of nitrogens with one attached hydrogen (secondary N) is 2. The molecule has 104 valence electrons. The maximum absolute atomic E-state index is 12.4. The molecule has 1 heterocycles. The van der Waals surface area contributed by atoms with Gasteiger partial charge in [0.15, 0.2) is 0 Å². The molecule has 1 aliphatic carbocycles. The number of hydrogen-bond acceptors (Lipinski definition) is 2. The van der Waals surface area contributed by atoms with Gasteiger partial charge < -0.3 is 10.3 Å². The fourth-order valence-electron chi connectivity index (χ4n) is 2.60. The molecule has 1 atom stereocenters. The quantitative estimate of drug-likeness (QED) is 0.892. The zero-order chi connectivity index (χ0) is 14.1. The van der Waals surface area contributed by atoms with Crippen LogP contribution in [0.3, 0.4) is 0 Å². The first-order valence-corrected chi connectivity index (χ1v) is 7.10. The van der Waals surface area contributed by atoms with Crippen molar-refractivity contribution in [3.05, 3.63) is 46.5 Å². The summed E-state index contributed by atoms with van der Waals surface area (Å²) in [6, 6.07) is 5.55. The number of aryl methyl sites for hydroxylation is 1. The maximum Gasteiger partial charge on any atom is 0.227 e. The van der Waals surface area contributed by atoms with E-state index >= 15 is 0 Å². The van der Waals surface area contributed by atoms with Crippen LogP contribution in [0.1, 0.15) is 23.4 Å². The molecule has 1 aromatic carbocycles. The summed E-state index contributed by atoms with van der Waals surface area (Å²) in [7, 11) is 0. The summed E-state index contributed by atoms with van der Waals surface area (Å²) < 4.78 is 0. The van der Waals surface area contributed by atoms with E-state index in [-0.39, 0.29) is 11.8 Å². The van der Waals surface area contributed by atoms with E-state index in [0.717, 1.165) is 41.9 Å². The number of fused-ring (bicyclic) bond motifs is 1. The Bertz CT molecular complexity index is 650. The van der Waals surface area contributed by atoms with Gasteiger partial charge in [-0.3, -0.25) is 4.79 Å². The molecule has 1 amide bonds. The van der Waals surface area contributed by atoms with Crippen molar-refractivity contribution >= 4 is 23.2 Å². The number of aromatic amines is 1. The van der Waals surface area contributed by atoms with E-state index < -0.39 is 0 Å². The van der Waals surface area contributed by atoms with E-state index in [1.807, 2.05) is 25.1 Å². The van der Waals surface area contributed by atoms with Gasteiger partial charge in [-0.1, -0.05) is 17.7 Å². The minimum absolute atomic E-state index is 0.0127. The fraction of sp³-hybridized carbons (Fsp3) is 0.333. The van der Waals surface area contributed by atoms with E-state index in [1.54, 1.807) is 6.33 Å². The highest BCUT2D eigenvalue weighted by molar-refractivity contribution is 6.31. The van der Waals surface area contributed by atoms with Crippen LogP contribution < -0.4 is 5.32 Å². The fourth-order valence-corrected chi connectivity index (χ4v) is 2.78. The molecule has 5 heteroatoms. The van der Waals surface area contributed by atoms with Crippen LogP contribution in [-0.4, -0.2) is 15.9 Å². The van der Waals surface area contributed by atoms with Crippen LogP contribution in [-0.2, 0) is 17.6 Å². The number of carbonyl (C=O) groups is 1. The van der Waals surface area contributed by atoms with Gasteiger partial charge in [-0.2, -0.15) is 0 Å². The number of halogens is 1. The Morgan fingerprint density at radius 2 is 2.35 bits per heavy atom. The summed E-state index contributed by atoms with van der Waals surface area (Å²) >= 11 is 6.07. The summed E-state index contributed by atoms with van der Waals surface area (Å²) in [5.41, 5.74) is 3.87. The predicted octanol–water partition coefficient (Wildman–Crippen LogP) is 3.12. The monoisotopic (exact) mass is 289 g/mol. The molecule has 3 rings (SSSR count). The standard InChI is InChI=1S/C15H16ClN3O/c1-9-11(16)3-2-4-12(9)19-15(20)10-5-6-13-14(7-10)18-8-17-13/h2-4,8,10H,5-7H2,1H3,(H,17,18)(H,19,20). The number of aromatic nitrogens is 2. The maximum atomic E-state index is 12.4. The van der Waals surface area contributed by atoms with Gasteiger partial charge in [-0.25, -0.2) is 4.98 Å². The lowest BCUT2D eigenvalue weighted by atomic mass is 9.89. The van der Waals surface area contributed by atoms with Crippen molar-refractivity contribution in [3.63, 3.8) is 0 Å². The van der Waals surface area contributed by atoms with Crippen molar-refractivity contribution < 1.29 is 4.79 Å². The summed E-state index contributed by atoms with van der Waals surface area (Å²) in [5, 5.41) is 3.65. The van der Waals surface area contributed by atoms with E-state index in [1.165, 1.54) is 0 Å². The van der Waals surface area contributed by atoms with Gasteiger partial charge >= 0.3 is 0 Å². The Morgan fingerprint density at radius 1 is 1.50 bits per heavy atom. The van der Waals surface area contributed by atoms with Gasteiger partial charge in [-0.05, 0) is 37.5 Å². The second kappa shape index (κ2) is 5.29. The molecule has 2 N–H and O–H groups in total. The number of H-pyrrole nitrogens is 1. The normalized spacial score (nSPS) is 17.6. The molecule has 0 saturated carbocycles. The third-order valence-corrected chi connectivity index (χ3v) is 4.29. The topological polar surface area (TPSA) is 57.8 Å². The minimum atomic E-state index is -0.0127. The molecule has 0 aliphatic heterocycles. The predicted molar refractivity (Wildman–Crippen MR) is 78.9 cm³/mol. The van der Waals surface area contributed by atoms with Crippen molar-refractivity contribution in [2.24, 2.45) is 5.92 Å². The lowest BCUT2D eigenvalue weighted by molar-refractivity contribution is -0.120. The van der Waals surface area contributed by atoms with Gasteiger partial charge in [0.2, 0.25) is 5.91 Å². The van der Waals surface area contributed by atoms with Crippen molar-refractivity contribution in [1.29, 1.82) is 0 Å². The summed E-state index contributed by atoms with van der Waals surface area (Å²) in [4.78, 5) is 19.7. The van der Waals surface area contributed by atoms with Gasteiger partial charge in [0.05, 0.1) is 12.0 Å². The number of rotatable bonds is 2. The highest BCUT2D eigenvalue weighted by Crippen LogP contribution is 2.27. The van der Waals surface area contributed by atoms with Crippen LogP contribution >= 0.6 is 11.6 Å². The van der Waals surface area contributed by atoms with Crippen molar-refractivity contribution in [3.8, 4) is 0 Å². The molecule has 0 radical (unpaired) electrons. The van der Waals surface area contributed by atoms with Crippen LogP contribution in [0.15, 0.2) is 24.5 Å². The molecule has 0 spiro atoms. The van der Waals surface area contributed by atoms with Gasteiger partial charge in [-0.15, -0.1) is 0 Å². The molecular weight excluding hydrogens is 274 g/mol. The zero-order valence-corrected chi connectivity index (χ0v) is 12.0. The smallest absolute Gasteiger partial charge is 0.227 e. The first-order valence-electron chi connectivity index (χ1n) is 6.72. The van der Waals surface area contributed by atoms with Crippen molar-refractivity contribution in [2.75, 3.05) is 5.32 Å². The molecule has 2 aromatic rings. The average molecular weight is 290 g/mol. The SMILES string of the molecule is Cc1c(Cl)cccc1NC(=O)C1CCc2nc[nH]c2C1. The Labute approximate surface area is 122 Å². The van der Waals surface area contributed by atoms with Crippen LogP contribution in [0.4, 0.5) is 5.69 Å². The lowest BCUT2D eigenvalue weighted by Gasteiger charge is -2.21. The van der Waals surface area contributed by atoms with E-state index in [9.17, 15) is 4.79 Å².